The highest BCUT2D eigenvalue weighted by Gasteiger charge is 2.38. The van der Waals surface area contributed by atoms with Crippen LogP contribution < -0.4 is 5.11 Å². The van der Waals surface area contributed by atoms with Crippen molar-refractivity contribution in [1.82, 2.24) is 4.90 Å². The highest BCUT2D eigenvalue weighted by Crippen LogP contribution is 2.24. The van der Waals surface area contributed by atoms with Crippen LogP contribution in [0.25, 0.3) is 0 Å². The number of hydrogen-bond donors (Lipinski definition) is 1. The van der Waals surface area contributed by atoms with Gasteiger partial charge >= 0.3 is 0 Å². The molecule has 0 aromatic rings. The zero-order chi connectivity index (χ0) is 9.30. The number of carbonyl (C=O) groups excluding carboxylic acids is 1. The number of rotatable bonds is 4. The summed E-state index contributed by atoms with van der Waals surface area (Å²) < 4.78 is 0. The van der Waals surface area contributed by atoms with Crippen molar-refractivity contribution in [2.75, 3.05) is 13.1 Å². The van der Waals surface area contributed by atoms with Gasteiger partial charge in [-0.2, -0.15) is 0 Å². The fourth-order valence-electron chi connectivity index (χ4n) is 1.37. The minimum absolute atomic E-state index is 0.0737. The van der Waals surface area contributed by atoms with Gasteiger partial charge in [-0.25, -0.2) is 0 Å². The molecule has 0 bridgehead atoms. The van der Waals surface area contributed by atoms with E-state index in [4.69, 9.17) is 5.11 Å². The van der Waals surface area contributed by atoms with Crippen LogP contribution in [0.4, 0.5) is 0 Å². The first-order valence-corrected chi connectivity index (χ1v) is 4.15. The van der Waals surface area contributed by atoms with E-state index >= 15 is 0 Å². The Bertz CT molecular complexity index is 181. The van der Waals surface area contributed by atoms with Crippen LogP contribution in [0.3, 0.4) is 0 Å². The second kappa shape index (κ2) is 3.41. The summed E-state index contributed by atoms with van der Waals surface area (Å²) in [7, 11) is 0. The van der Waals surface area contributed by atoms with Crippen molar-refractivity contribution < 1.29 is 15.0 Å². The number of β-amino-alcohol motifs (C(OH)–C–C–N with tert-alkyl or cyclic N) is 1. The van der Waals surface area contributed by atoms with Gasteiger partial charge in [0.2, 0.25) is 0 Å². The number of carboxylic acid groups (broad SMARTS) is 1. The first-order valence-electron chi connectivity index (χ1n) is 4.15. The SMILES string of the molecule is CC(O)CN1CC1C(C)C(=O)[O-]. The van der Waals surface area contributed by atoms with E-state index in [0.29, 0.717) is 6.54 Å². The number of aliphatic carboxylic acids is 1. The van der Waals surface area contributed by atoms with Crippen LogP contribution in [-0.2, 0) is 4.79 Å². The molecule has 4 heteroatoms. The first-order chi connectivity index (χ1) is 5.52. The lowest BCUT2D eigenvalue weighted by Crippen LogP contribution is -2.34. The predicted octanol–water partition coefficient (Wildman–Crippen LogP) is -1.56. The summed E-state index contributed by atoms with van der Waals surface area (Å²) in [4.78, 5) is 12.3. The Labute approximate surface area is 71.8 Å². The molecule has 1 aliphatic rings. The number of carbonyl (C=O) groups is 1. The fourth-order valence-corrected chi connectivity index (χ4v) is 1.37. The van der Waals surface area contributed by atoms with Gasteiger partial charge in [0, 0.05) is 31.0 Å². The molecular weight excluding hydrogens is 158 g/mol. The van der Waals surface area contributed by atoms with Gasteiger partial charge in [-0.3, -0.25) is 4.90 Å². The molecule has 1 heterocycles. The molecule has 0 spiro atoms. The Morgan fingerprint density at radius 3 is 2.75 bits per heavy atom. The molecule has 0 saturated carbocycles. The lowest BCUT2D eigenvalue weighted by molar-refractivity contribution is -0.311. The maximum absolute atomic E-state index is 10.4. The van der Waals surface area contributed by atoms with E-state index < -0.39 is 11.9 Å². The summed E-state index contributed by atoms with van der Waals surface area (Å²) in [5, 5.41) is 19.4. The van der Waals surface area contributed by atoms with Crippen LogP contribution in [-0.4, -0.2) is 41.2 Å². The van der Waals surface area contributed by atoms with Crippen LogP contribution in [0.5, 0.6) is 0 Å². The highest BCUT2D eigenvalue weighted by atomic mass is 16.4. The molecular formula is C8H14NO3-. The molecule has 70 valence electrons. The molecule has 4 nitrogen and oxygen atoms in total. The lowest BCUT2D eigenvalue weighted by Gasteiger charge is -2.12. The summed E-state index contributed by atoms with van der Waals surface area (Å²) in [6.07, 6.45) is -0.385. The van der Waals surface area contributed by atoms with Crippen molar-refractivity contribution in [2.45, 2.75) is 26.0 Å². The Balaban J connectivity index is 2.27. The predicted molar refractivity (Wildman–Crippen MR) is 41.2 cm³/mol. The van der Waals surface area contributed by atoms with E-state index in [0.717, 1.165) is 6.54 Å². The molecule has 4 atom stereocenters. The summed E-state index contributed by atoms with van der Waals surface area (Å²) in [6.45, 7) is 4.66. The van der Waals surface area contributed by atoms with E-state index in [-0.39, 0.29) is 12.1 Å². The Kier molecular flexibility index (Phi) is 2.69. The quantitative estimate of drug-likeness (QED) is 0.521. The standard InChI is InChI=1S/C8H15NO3/c1-5(10)3-9-4-7(9)6(2)8(11)12/h5-7,10H,3-4H2,1-2H3,(H,11,12)/p-1. The van der Waals surface area contributed by atoms with Gasteiger partial charge in [-0.1, -0.05) is 6.92 Å². The average molecular weight is 172 g/mol. The maximum atomic E-state index is 10.4. The first kappa shape index (κ1) is 9.48. The minimum atomic E-state index is -1.01. The van der Waals surface area contributed by atoms with Crippen molar-refractivity contribution >= 4 is 5.97 Å². The summed E-state index contributed by atoms with van der Waals surface area (Å²) in [5.41, 5.74) is 0. The van der Waals surface area contributed by atoms with Crippen molar-refractivity contribution in [3.05, 3.63) is 0 Å². The van der Waals surface area contributed by atoms with Crippen molar-refractivity contribution in [3.63, 3.8) is 0 Å². The third-order valence-corrected chi connectivity index (χ3v) is 2.20. The molecule has 1 fully saturated rings. The fraction of sp³-hybridized carbons (Fsp3) is 0.875. The van der Waals surface area contributed by atoms with Gasteiger partial charge < -0.3 is 15.0 Å². The largest absolute Gasteiger partial charge is 0.550 e. The second-order valence-corrected chi connectivity index (χ2v) is 3.48. The zero-order valence-electron chi connectivity index (χ0n) is 7.36. The molecule has 0 amide bonds. The Morgan fingerprint density at radius 1 is 1.75 bits per heavy atom. The highest BCUT2D eigenvalue weighted by molar-refractivity contribution is 5.68. The Morgan fingerprint density at radius 2 is 2.33 bits per heavy atom. The maximum Gasteiger partial charge on any atom is 0.0639 e. The van der Waals surface area contributed by atoms with Gasteiger partial charge in [0.05, 0.1) is 6.10 Å². The Hall–Kier alpha value is -0.610. The summed E-state index contributed by atoms with van der Waals surface area (Å²) in [5.74, 6) is -1.43. The van der Waals surface area contributed by atoms with Gasteiger partial charge in [-0.05, 0) is 6.92 Å². The molecule has 1 aliphatic heterocycles. The van der Waals surface area contributed by atoms with E-state index in [2.05, 4.69) is 0 Å². The van der Waals surface area contributed by atoms with Crippen molar-refractivity contribution in [1.29, 1.82) is 0 Å². The van der Waals surface area contributed by atoms with E-state index in [1.807, 2.05) is 4.90 Å². The van der Waals surface area contributed by atoms with E-state index in [1.165, 1.54) is 0 Å². The molecule has 0 aliphatic carbocycles. The monoisotopic (exact) mass is 172 g/mol. The van der Waals surface area contributed by atoms with Gasteiger partial charge in [0.15, 0.2) is 0 Å². The molecule has 1 saturated heterocycles. The number of hydrogen-bond acceptors (Lipinski definition) is 4. The van der Waals surface area contributed by atoms with Crippen LogP contribution in [0.1, 0.15) is 13.8 Å². The number of aliphatic hydroxyl groups is 1. The molecule has 1 N–H and O–H groups in total. The van der Waals surface area contributed by atoms with E-state index in [9.17, 15) is 9.90 Å². The third kappa shape index (κ3) is 2.19. The average Bonchev–Trinajstić information content (AvgIpc) is 2.64. The smallest absolute Gasteiger partial charge is 0.0639 e. The zero-order valence-corrected chi connectivity index (χ0v) is 7.36. The minimum Gasteiger partial charge on any atom is -0.550 e. The molecule has 4 unspecified atom stereocenters. The van der Waals surface area contributed by atoms with Crippen molar-refractivity contribution in [3.8, 4) is 0 Å². The van der Waals surface area contributed by atoms with Crippen LogP contribution in [0.2, 0.25) is 0 Å². The van der Waals surface area contributed by atoms with Gasteiger partial charge in [0.1, 0.15) is 0 Å². The van der Waals surface area contributed by atoms with Gasteiger partial charge in [0.25, 0.3) is 0 Å². The number of nitrogens with zero attached hydrogens (tertiary/aromatic N) is 1. The van der Waals surface area contributed by atoms with Crippen LogP contribution in [0.15, 0.2) is 0 Å². The summed E-state index contributed by atoms with van der Waals surface area (Å²) in [6, 6.07) is 0.0737. The molecule has 1 rings (SSSR count). The normalized spacial score (nSPS) is 32.6. The molecule has 12 heavy (non-hydrogen) atoms. The molecule has 0 aromatic carbocycles. The lowest BCUT2D eigenvalue weighted by atomic mass is 10.1. The van der Waals surface area contributed by atoms with Crippen LogP contribution in [0, 0.1) is 5.92 Å². The molecule has 0 radical (unpaired) electrons. The summed E-state index contributed by atoms with van der Waals surface area (Å²) >= 11 is 0. The van der Waals surface area contributed by atoms with Crippen LogP contribution >= 0.6 is 0 Å². The number of aliphatic hydroxyl groups excluding tert-OH is 1. The number of carboxylic acids is 1. The third-order valence-electron chi connectivity index (χ3n) is 2.20. The van der Waals surface area contributed by atoms with Gasteiger partial charge in [-0.15, -0.1) is 0 Å². The van der Waals surface area contributed by atoms with Crippen molar-refractivity contribution in [2.24, 2.45) is 5.92 Å². The molecule has 0 aromatic heterocycles. The second-order valence-electron chi connectivity index (χ2n) is 3.48. The van der Waals surface area contributed by atoms with E-state index in [1.54, 1.807) is 13.8 Å². The topological polar surface area (TPSA) is 63.4 Å².